The number of nitrogens with zero attached hydrogens (tertiary/aromatic N) is 2. The summed E-state index contributed by atoms with van der Waals surface area (Å²) < 4.78 is 27.8. The Kier molecular flexibility index (Phi) is 3.48. The maximum atomic E-state index is 13.1. The lowest BCUT2D eigenvalue weighted by Crippen LogP contribution is -2.35. The first-order chi connectivity index (χ1) is 11.1. The van der Waals surface area contributed by atoms with E-state index >= 15 is 0 Å². The van der Waals surface area contributed by atoms with Crippen LogP contribution in [-0.4, -0.2) is 24.3 Å². The van der Waals surface area contributed by atoms with Crippen molar-refractivity contribution in [3.05, 3.63) is 57.9 Å². The number of aromatic nitrogens is 1. The second kappa shape index (κ2) is 5.40. The van der Waals surface area contributed by atoms with Gasteiger partial charge in [0.2, 0.25) is 10.0 Å². The molecule has 118 valence electrons. The second-order valence-electron chi connectivity index (χ2n) is 5.80. The summed E-state index contributed by atoms with van der Waals surface area (Å²) in [5.74, 6) is 0. The lowest BCUT2D eigenvalue weighted by Gasteiger charge is -2.26. The number of hydrogen-bond donors (Lipinski definition) is 0. The van der Waals surface area contributed by atoms with Gasteiger partial charge in [0.15, 0.2) is 0 Å². The maximum absolute atomic E-state index is 13.1. The van der Waals surface area contributed by atoms with Gasteiger partial charge in [0.25, 0.3) is 0 Å². The molecule has 4 rings (SSSR count). The molecule has 0 bridgehead atoms. The van der Waals surface area contributed by atoms with Crippen LogP contribution in [0.25, 0.3) is 10.9 Å². The number of aryl methyl sites for hydroxylation is 1. The molecule has 2 aromatic heterocycles. The Balaban J connectivity index is 1.81. The van der Waals surface area contributed by atoms with Crippen molar-refractivity contribution in [3.8, 4) is 0 Å². The number of benzene rings is 1. The van der Waals surface area contributed by atoms with Gasteiger partial charge in [0, 0.05) is 29.5 Å². The highest BCUT2D eigenvalue weighted by Crippen LogP contribution is 2.30. The molecule has 23 heavy (non-hydrogen) atoms. The van der Waals surface area contributed by atoms with Gasteiger partial charge in [0.1, 0.15) is 4.90 Å². The van der Waals surface area contributed by atoms with Crippen LogP contribution < -0.4 is 0 Å². The third-order valence-electron chi connectivity index (χ3n) is 4.20. The Morgan fingerprint density at radius 1 is 1.26 bits per heavy atom. The molecule has 4 nitrogen and oxygen atoms in total. The molecule has 0 saturated heterocycles. The smallest absolute Gasteiger partial charge is 0.245 e. The number of sulfonamides is 1. The molecule has 1 aliphatic rings. The molecule has 0 saturated carbocycles. The molecule has 0 atom stereocenters. The highest BCUT2D eigenvalue weighted by atomic mass is 32.2. The Morgan fingerprint density at radius 2 is 2.13 bits per heavy atom. The van der Waals surface area contributed by atoms with Crippen molar-refractivity contribution in [2.75, 3.05) is 6.54 Å². The molecule has 0 N–H and O–H groups in total. The van der Waals surface area contributed by atoms with E-state index in [1.54, 1.807) is 34.0 Å². The van der Waals surface area contributed by atoms with E-state index in [9.17, 15) is 8.42 Å². The summed E-state index contributed by atoms with van der Waals surface area (Å²) in [6.45, 7) is 2.93. The van der Waals surface area contributed by atoms with E-state index in [2.05, 4.69) is 4.98 Å². The molecule has 3 heterocycles. The van der Waals surface area contributed by atoms with E-state index in [1.807, 2.05) is 30.5 Å². The average molecular weight is 344 g/mol. The standard InChI is InChI=1S/C17H16N2O2S2/c1-12-9-13-3-2-4-16(17(13)18-10-12)23(20,21)19-7-5-15-14(11-19)6-8-22-15/h2-4,6,8-10H,5,7,11H2,1H3. The Morgan fingerprint density at radius 3 is 3.00 bits per heavy atom. The van der Waals surface area contributed by atoms with E-state index in [0.717, 1.165) is 22.9 Å². The van der Waals surface area contributed by atoms with Gasteiger partial charge in [-0.3, -0.25) is 4.98 Å². The maximum Gasteiger partial charge on any atom is 0.245 e. The van der Waals surface area contributed by atoms with Crippen LogP contribution in [0.15, 0.2) is 46.8 Å². The zero-order valence-electron chi connectivity index (χ0n) is 12.7. The molecule has 0 aliphatic carbocycles. The molecule has 0 amide bonds. The van der Waals surface area contributed by atoms with E-state index in [1.165, 1.54) is 4.88 Å². The van der Waals surface area contributed by atoms with E-state index < -0.39 is 10.0 Å². The zero-order valence-corrected chi connectivity index (χ0v) is 14.3. The monoisotopic (exact) mass is 344 g/mol. The summed E-state index contributed by atoms with van der Waals surface area (Å²) in [7, 11) is -3.55. The first-order valence-corrected chi connectivity index (χ1v) is 9.78. The fourth-order valence-electron chi connectivity index (χ4n) is 3.02. The number of thiophene rings is 1. The number of pyridine rings is 1. The minimum Gasteiger partial charge on any atom is -0.255 e. The number of fused-ring (bicyclic) bond motifs is 2. The van der Waals surface area contributed by atoms with Crippen LogP contribution in [0, 0.1) is 6.92 Å². The molecule has 1 aromatic carbocycles. The van der Waals surface area contributed by atoms with Crippen LogP contribution in [0.1, 0.15) is 16.0 Å². The summed E-state index contributed by atoms with van der Waals surface area (Å²) in [5.41, 5.74) is 2.69. The first kappa shape index (κ1) is 14.8. The van der Waals surface area contributed by atoms with Gasteiger partial charge in [-0.05, 0) is 48.1 Å². The van der Waals surface area contributed by atoms with Crippen LogP contribution in [-0.2, 0) is 23.0 Å². The van der Waals surface area contributed by atoms with Crippen molar-refractivity contribution in [1.82, 2.24) is 9.29 Å². The third-order valence-corrected chi connectivity index (χ3v) is 7.10. The van der Waals surface area contributed by atoms with Gasteiger partial charge in [0.05, 0.1) is 5.52 Å². The summed E-state index contributed by atoms with van der Waals surface area (Å²) in [5, 5.41) is 2.89. The second-order valence-corrected chi connectivity index (χ2v) is 8.71. The highest BCUT2D eigenvalue weighted by Gasteiger charge is 2.30. The average Bonchev–Trinajstić information content (AvgIpc) is 3.01. The minimum atomic E-state index is -3.55. The molecule has 3 aromatic rings. The van der Waals surface area contributed by atoms with Gasteiger partial charge in [-0.2, -0.15) is 4.31 Å². The molecule has 6 heteroatoms. The van der Waals surface area contributed by atoms with Gasteiger partial charge < -0.3 is 0 Å². The molecule has 0 fully saturated rings. The van der Waals surface area contributed by atoms with E-state index in [-0.39, 0.29) is 0 Å². The number of para-hydroxylation sites is 1. The van der Waals surface area contributed by atoms with Crippen molar-refractivity contribution >= 4 is 32.3 Å². The van der Waals surface area contributed by atoms with Gasteiger partial charge in [-0.25, -0.2) is 8.42 Å². The van der Waals surface area contributed by atoms with Gasteiger partial charge in [-0.15, -0.1) is 11.3 Å². The summed E-state index contributed by atoms with van der Waals surface area (Å²) in [6.07, 6.45) is 2.50. The Labute approximate surface area is 139 Å². The van der Waals surface area contributed by atoms with Crippen molar-refractivity contribution < 1.29 is 8.42 Å². The predicted molar refractivity (Wildman–Crippen MR) is 92.1 cm³/mol. The molecule has 0 radical (unpaired) electrons. The van der Waals surface area contributed by atoms with Crippen LogP contribution in [0.5, 0.6) is 0 Å². The normalized spacial score (nSPS) is 15.7. The fraction of sp³-hybridized carbons (Fsp3) is 0.235. The van der Waals surface area contributed by atoms with Crippen molar-refractivity contribution in [2.24, 2.45) is 0 Å². The molecule has 0 spiro atoms. The first-order valence-electron chi connectivity index (χ1n) is 7.46. The Bertz CT molecular complexity index is 993. The number of hydrogen-bond acceptors (Lipinski definition) is 4. The largest absolute Gasteiger partial charge is 0.255 e. The molecule has 0 unspecified atom stereocenters. The van der Waals surface area contributed by atoms with Crippen LogP contribution in [0.3, 0.4) is 0 Å². The number of rotatable bonds is 2. The van der Waals surface area contributed by atoms with Crippen LogP contribution in [0.2, 0.25) is 0 Å². The lowest BCUT2D eigenvalue weighted by molar-refractivity contribution is 0.394. The van der Waals surface area contributed by atoms with Gasteiger partial charge in [-0.1, -0.05) is 12.1 Å². The van der Waals surface area contributed by atoms with Crippen molar-refractivity contribution in [1.29, 1.82) is 0 Å². The topological polar surface area (TPSA) is 50.3 Å². The van der Waals surface area contributed by atoms with Crippen LogP contribution in [0.4, 0.5) is 0 Å². The molecular formula is C17H16N2O2S2. The predicted octanol–water partition coefficient (Wildman–Crippen LogP) is 3.35. The van der Waals surface area contributed by atoms with Gasteiger partial charge >= 0.3 is 0 Å². The third kappa shape index (κ3) is 2.47. The Hall–Kier alpha value is -1.76. The van der Waals surface area contributed by atoms with Crippen molar-refractivity contribution in [2.45, 2.75) is 24.8 Å². The zero-order chi connectivity index (χ0) is 16.0. The van der Waals surface area contributed by atoms with E-state index in [0.29, 0.717) is 23.5 Å². The van der Waals surface area contributed by atoms with E-state index in [4.69, 9.17) is 0 Å². The fourth-order valence-corrected chi connectivity index (χ4v) is 5.49. The highest BCUT2D eigenvalue weighted by molar-refractivity contribution is 7.89. The quantitative estimate of drug-likeness (QED) is 0.716. The van der Waals surface area contributed by atoms with Crippen molar-refractivity contribution in [3.63, 3.8) is 0 Å². The summed E-state index contributed by atoms with van der Waals surface area (Å²) in [6, 6.07) is 9.34. The lowest BCUT2D eigenvalue weighted by atomic mass is 10.1. The SMILES string of the molecule is Cc1cnc2c(S(=O)(=O)N3CCc4sccc4C3)cccc2c1. The summed E-state index contributed by atoms with van der Waals surface area (Å²) in [4.78, 5) is 5.97. The summed E-state index contributed by atoms with van der Waals surface area (Å²) >= 11 is 1.70. The van der Waals surface area contributed by atoms with Crippen LogP contribution >= 0.6 is 11.3 Å². The minimum absolute atomic E-state index is 0.300. The molecule has 1 aliphatic heterocycles. The molecular weight excluding hydrogens is 328 g/mol.